The summed E-state index contributed by atoms with van der Waals surface area (Å²) in [6, 6.07) is 7.01. The molecule has 0 atom stereocenters. The topological polar surface area (TPSA) is 30.2 Å². The van der Waals surface area contributed by atoms with Crippen LogP contribution in [0.4, 0.5) is 13.2 Å². The molecule has 0 saturated carbocycles. The molecule has 0 saturated heterocycles. The van der Waals surface area contributed by atoms with Gasteiger partial charge in [-0.1, -0.05) is 22.0 Å². The molecule has 1 aromatic heterocycles. The van der Waals surface area contributed by atoms with Gasteiger partial charge >= 0.3 is 6.18 Å². The highest BCUT2D eigenvalue weighted by molar-refractivity contribution is 9.10. The Morgan fingerprint density at radius 2 is 1.95 bits per heavy atom. The van der Waals surface area contributed by atoms with Crippen molar-refractivity contribution in [3.63, 3.8) is 0 Å². The molecule has 0 aliphatic heterocycles. The summed E-state index contributed by atoms with van der Waals surface area (Å²) in [6.07, 6.45) is -4.31. The van der Waals surface area contributed by atoms with Crippen LogP contribution in [0.1, 0.15) is 18.2 Å². The fraction of sp³-hybridized carbons (Fsp3) is 0.214. The number of carbonyl (C=O) groups is 1. The molecule has 0 aliphatic rings. The Labute approximate surface area is 121 Å². The molecule has 0 radical (unpaired) electrons. The maximum atomic E-state index is 12.8. The molecule has 0 amide bonds. The van der Waals surface area contributed by atoms with Crippen molar-refractivity contribution in [3.05, 3.63) is 46.1 Å². The second-order valence-corrected chi connectivity index (χ2v) is 5.19. The van der Waals surface area contributed by atoms with Crippen molar-refractivity contribution in [2.75, 3.05) is 0 Å². The number of ketones is 1. The van der Waals surface area contributed by atoms with Gasteiger partial charge in [0.2, 0.25) is 0 Å². The van der Waals surface area contributed by atoms with Crippen LogP contribution in [-0.2, 0) is 17.4 Å². The molecule has 0 unspecified atom stereocenters. The number of alkyl halides is 3. The third kappa shape index (κ3) is 3.30. The molecule has 0 N–H and O–H groups in total. The first-order chi connectivity index (χ1) is 9.27. The van der Waals surface area contributed by atoms with Crippen molar-refractivity contribution in [2.24, 2.45) is 0 Å². The molecule has 0 spiro atoms. The van der Waals surface area contributed by atoms with Crippen molar-refractivity contribution in [1.29, 1.82) is 0 Å². The molecule has 1 aromatic carbocycles. The van der Waals surface area contributed by atoms with Crippen LogP contribution < -0.4 is 0 Å². The second-order valence-electron chi connectivity index (χ2n) is 4.34. The zero-order chi connectivity index (χ0) is 14.9. The average molecular weight is 347 g/mol. The zero-order valence-electron chi connectivity index (χ0n) is 10.4. The first-order valence-electron chi connectivity index (χ1n) is 5.72. The van der Waals surface area contributed by atoms with Gasteiger partial charge in [-0.15, -0.1) is 0 Å². The quantitative estimate of drug-likeness (QED) is 0.794. The van der Waals surface area contributed by atoms with E-state index in [2.05, 4.69) is 15.9 Å². The van der Waals surface area contributed by atoms with Crippen LogP contribution in [0.3, 0.4) is 0 Å². The van der Waals surface area contributed by atoms with Crippen LogP contribution in [0.5, 0.6) is 0 Å². The Bertz CT molecular complexity index is 644. The first-order valence-corrected chi connectivity index (χ1v) is 6.52. The van der Waals surface area contributed by atoms with E-state index in [0.717, 1.165) is 6.07 Å². The lowest BCUT2D eigenvalue weighted by atomic mass is 10.1. The van der Waals surface area contributed by atoms with Gasteiger partial charge in [0, 0.05) is 10.0 Å². The van der Waals surface area contributed by atoms with Crippen LogP contribution in [0.2, 0.25) is 0 Å². The number of Topliss-reactive ketones (excluding diaryl/α,β-unsaturated/α-hetero) is 1. The standard InChI is InChI=1S/C14H10BrF3O2/c1-8(19)6-10-3-5-13(20-10)9-2-4-12(15)11(7-9)14(16,17)18/h2-5,7H,6H2,1H3. The molecule has 1 heterocycles. The lowest BCUT2D eigenvalue weighted by molar-refractivity contribution is -0.138. The fourth-order valence-electron chi connectivity index (χ4n) is 1.77. The maximum Gasteiger partial charge on any atom is 0.417 e. The Hall–Kier alpha value is -1.56. The number of benzene rings is 1. The van der Waals surface area contributed by atoms with Crippen molar-refractivity contribution in [2.45, 2.75) is 19.5 Å². The number of carbonyl (C=O) groups excluding carboxylic acids is 1. The van der Waals surface area contributed by atoms with Gasteiger partial charge < -0.3 is 4.42 Å². The Kier molecular flexibility index (Phi) is 4.04. The molecule has 6 heteroatoms. The monoisotopic (exact) mass is 346 g/mol. The van der Waals surface area contributed by atoms with Gasteiger partial charge in [-0.2, -0.15) is 13.2 Å². The summed E-state index contributed by atoms with van der Waals surface area (Å²) in [4.78, 5) is 11.0. The van der Waals surface area contributed by atoms with Crippen molar-refractivity contribution >= 4 is 21.7 Å². The predicted octanol–water partition coefficient (Wildman–Crippen LogP) is 4.86. The summed E-state index contributed by atoms with van der Waals surface area (Å²) in [5, 5.41) is 0. The zero-order valence-corrected chi connectivity index (χ0v) is 12.0. The van der Waals surface area contributed by atoms with Crippen LogP contribution in [-0.4, -0.2) is 5.78 Å². The van der Waals surface area contributed by atoms with E-state index >= 15 is 0 Å². The molecular formula is C14H10BrF3O2. The van der Waals surface area contributed by atoms with Gasteiger partial charge in [0.25, 0.3) is 0 Å². The molecule has 0 bridgehead atoms. The van der Waals surface area contributed by atoms with E-state index in [1.165, 1.54) is 19.1 Å². The van der Waals surface area contributed by atoms with E-state index in [9.17, 15) is 18.0 Å². The van der Waals surface area contributed by atoms with Crippen molar-refractivity contribution in [3.8, 4) is 11.3 Å². The van der Waals surface area contributed by atoms with E-state index in [1.54, 1.807) is 12.1 Å². The summed E-state index contributed by atoms with van der Waals surface area (Å²) in [6.45, 7) is 1.42. The Balaban J connectivity index is 2.38. The van der Waals surface area contributed by atoms with Crippen LogP contribution in [0.25, 0.3) is 11.3 Å². The maximum absolute atomic E-state index is 12.8. The minimum atomic E-state index is -4.44. The number of furan rings is 1. The van der Waals surface area contributed by atoms with E-state index in [0.29, 0.717) is 17.1 Å². The summed E-state index contributed by atoms with van der Waals surface area (Å²) in [5.74, 6) is 0.668. The smallest absolute Gasteiger partial charge is 0.417 e. The third-order valence-electron chi connectivity index (χ3n) is 2.64. The summed E-state index contributed by atoms with van der Waals surface area (Å²) in [5.41, 5.74) is -0.449. The molecular weight excluding hydrogens is 337 g/mol. The SMILES string of the molecule is CC(=O)Cc1ccc(-c2ccc(Br)c(C(F)(F)F)c2)o1. The highest BCUT2D eigenvalue weighted by Crippen LogP contribution is 2.37. The predicted molar refractivity (Wildman–Crippen MR) is 71.2 cm³/mol. The van der Waals surface area contributed by atoms with Crippen LogP contribution >= 0.6 is 15.9 Å². The minimum absolute atomic E-state index is 0.0238. The third-order valence-corrected chi connectivity index (χ3v) is 3.33. The number of hydrogen-bond acceptors (Lipinski definition) is 2. The van der Waals surface area contributed by atoms with E-state index in [-0.39, 0.29) is 16.7 Å². The Morgan fingerprint density at radius 3 is 2.55 bits per heavy atom. The first kappa shape index (κ1) is 14.8. The Morgan fingerprint density at radius 1 is 1.25 bits per heavy atom. The highest BCUT2D eigenvalue weighted by atomic mass is 79.9. The molecule has 2 rings (SSSR count). The van der Waals surface area contributed by atoms with Crippen LogP contribution in [0.15, 0.2) is 39.2 Å². The van der Waals surface area contributed by atoms with Crippen LogP contribution in [0, 0.1) is 0 Å². The number of halogens is 4. The second kappa shape index (κ2) is 5.44. The lowest BCUT2D eigenvalue weighted by Gasteiger charge is -2.10. The van der Waals surface area contributed by atoms with Gasteiger partial charge in [0.15, 0.2) is 0 Å². The summed E-state index contributed by atoms with van der Waals surface area (Å²) in [7, 11) is 0. The van der Waals surface area contributed by atoms with Gasteiger partial charge in [-0.05, 0) is 31.2 Å². The molecule has 0 fully saturated rings. The number of rotatable bonds is 3. The van der Waals surface area contributed by atoms with Gasteiger partial charge in [0.1, 0.15) is 17.3 Å². The van der Waals surface area contributed by atoms with E-state index < -0.39 is 11.7 Å². The molecule has 106 valence electrons. The molecule has 0 aliphatic carbocycles. The van der Waals surface area contributed by atoms with Crippen molar-refractivity contribution < 1.29 is 22.4 Å². The summed E-state index contributed by atoms with van der Waals surface area (Å²) >= 11 is 2.88. The highest BCUT2D eigenvalue weighted by Gasteiger charge is 2.33. The van der Waals surface area contributed by atoms with Gasteiger partial charge in [-0.3, -0.25) is 4.79 Å². The van der Waals surface area contributed by atoms with Gasteiger partial charge in [0.05, 0.1) is 12.0 Å². The fourth-order valence-corrected chi connectivity index (χ4v) is 2.24. The normalized spacial score (nSPS) is 11.7. The van der Waals surface area contributed by atoms with Crippen molar-refractivity contribution in [1.82, 2.24) is 0 Å². The van der Waals surface area contributed by atoms with E-state index in [1.807, 2.05) is 0 Å². The average Bonchev–Trinajstić information content (AvgIpc) is 2.75. The minimum Gasteiger partial charge on any atom is -0.461 e. The van der Waals surface area contributed by atoms with Gasteiger partial charge in [-0.25, -0.2) is 0 Å². The molecule has 20 heavy (non-hydrogen) atoms. The number of hydrogen-bond donors (Lipinski definition) is 0. The largest absolute Gasteiger partial charge is 0.461 e. The summed E-state index contributed by atoms with van der Waals surface area (Å²) < 4.78 is 43.8. The van der Waals surface area contributed by atoms with E-state index in [4.69, 9.17) is 4.42 Å². The lowest BCUT2D eigenvalue weighted by Crippen LogP contribution is -2.06. The molecule has 2 nitrogen and oxygen atoms in total. The molecule has 2 aromatic rings.